The van der Waals surface area contributed by atoms with Gasteiger partial charge in [0.1, 0.15) is 6.61 Å². The monoisotopic (exact) mass is 412 g/mol. The number of hydrazone groups is 1. The number of nitrogens with one attached hydrogen (secondary N) is 2. The van der Waals surface area contributed by atoms with Gasteiger partial charge in [0.15, 0.2) is 11.5 Å². The fraction of sp³-hybridized carbons (Fsp3) is 0.238. The summed E-state index contributed by atoms with van der Waals surface area (Å²) >= 11 is 0. The van der Waals surface area contributed by atoms with Crippen molar-refractivity contribution < 1.29 is 29.0 Å². The number of hydrogen-bond acceptors (Lipinski definition) is 7. The minimum Gasteiger partial charge on any atom is -0.546 e. The van der Waals surface area contributed by atoms with Crippen molar-refractivity contribution in [3.05, 3.63) is 59.7 Å². The van der Waals surface area contributed by atoms with Crippen LogP contribution in [-0.4, -0.2) is 37.2 Å². The van der Waals surface area contributed by atoms with Crippen molar-refractivity contribution in [1.82, 2.24) is 10.7 Å². The third-order valence-corrected chi connectivity index (χ3v) is 3.85. The Morgan fingerprint density at radius 1 is 1.07 bits per heavy atom. The molecule has 9 nitrogen and oxygen atoms in total. The highest BCUT2D eigenvalue weighted by Crippen LogP contribution is 2.28. The van der Waals surface area contributed by atoms with Gasteiger partial charge in [-0.2, -0.15) is 5.10 Å². The predicted octanol–water partition coefficient (Wildman–Crippen LogP) is 0.541. The molecule has 158 valence electrons. The summed E-state index contributed by atoms with van der Waals surface area (Å²) in [6.45, 7) is 3.25. The SMILES string of the molecule is CCOc1cc(/C=N\NC(=O)C(=O)N[C@H](C)c2ccccc2)ccc1OCC(=O)[O-]. The molecule has 9 heteroatoms. The van der Waals surface area contributed by atoms with Crippen LogP contribution in [0.1, 0.15) is 31.0 Å². The minimum absolute atomic E-state index is 0.233. The number of carbonyl (C=O) groups excluding carboxylic acids is 3. The third-order valence-electron chi connectivity index (χ3n) is 3.85. The molecule has 0 bridgehead atoms. The zero-order valence-corrected chi connectivity index (χ0v) is 16.6. The Balaban J connectivity index is 1.94. The van der Waals surface area contributed by atoms with E-state index in [2.05, 4.69) is 15.8 Å². The molecule has 0 heterocycles. The molecule has 2 N–H and O–H groups in total. The Bertz CT molecular complexity index is 914. The first-order valence-corrected chi connectivity index (χ1v) is 9.19. The number of carboxylic acid groups (broad SMARTS) is 1. The largest absolute Gasteiger partial charge is 0.546 e. The van der Waals surface area contributed by atoms with Crippen LogP contribution in [0.5, 0.6) is 11.5 Å². The fourth-order valence-corrected chi connectivity index (χ4v) is 2.43. The van der Waals surface area contributed by atoms with Crippen LogP contribution in [0.2, 0.25) is 0 Å². The van der Waals surface area contributed by atoms with Gasteiger partial charge in [-0.1, -0.05) is 30.3 Å². The molecule has 0 fully saturated rings. The Hall–Kier alpha value is -3.88. The average molecular weight is 412 g/mol. The van der Waals surface area contributed by atoms with Gasteiger partial charge >= 0.3 is 11.8 Å². The standard InChI is InChI=1S/C21H23N3O6/c1-3-29-18-11-15(9-10-17(18)30-13-19(25)26)12-22-24-21(28)20(27)23-14(2)16-7-5-4-6-8-16/h4-12,14H,3,13H2,1-2H3,(H,23,27)(H,24,28)(H,25,26)/p-1/b22-12-/t14-/m1/s1. The van der Waals surface area contributed by atoms with Crippen LogP contribution < -0.4 is 25.3 Å². The highest BCUT2D eigenvalue weighted by atomic mass is 16.5. The van der Waals surface area contributed by atoms with Gasteiger partial charge in [0.2, 0.25) is 0 Å². The molecule has 2 rings (SSSR count). The number of carbonyl (C=O) groups is 3. The molecule has 2 aromatic carbocycles. The van der Waals surface area contributed by atoms with E-state index in [0.29, 0.717) is 17.9 Å². The Kier molecular flexibility index (Phi) is 8.37. The first-order chi connectivity index (χ1) is 14.4. The molecule has 0 saturated carbocycles. The molecular weight excluding hydrogens is 390 g/mol. The number of amides is 2. The lowest BCUT2D eigenvalue weighted by Gasteiger charge is -2.13. The summed E-state index contributed by atoms with van der Waals surface area (Å²) in [5.41, 5.74) is 3.56. The highest BCUT2D eigenvalue weighted by Gasteiger charge is 2.16. The Morgan fingerprint density at radius 3 is 2.47 bits per heavy atom. The third kappa shape index (κ3) is 6.93. The van der Waals surface area contributed by atoms with Crippen LogP contribution in [0.25, 0.3) is 0 Å². The first kappa shape index (κ1) is 22.4. The second-order valence-corrected chi connectivity index (χ2v) is 6.10. The lowest BCUT2D eigenvalue weighted by atomic mass is 10.1. The molecule has 0 spiro atoms. The molecule has 0 aromatic heterocycles. The lowest BCUT2D eigenvalue weighted by Crippen LogP contribution is -2.39. The number of hydrogen-bond donors (Lipinski definition) is 2. The van der Waals surface area contributed by atoms with E-state index in [1.54, 1.807) is 26.0 Å². The van der Waals surface area contributed by atoms with Crippen molar-refractivity contribution in [2.24, 2.45) is 5.10 Å². The van der Waals surface area contributed by atoms with Gasteiger partial charge in [-0.25, -0.2) is 5.43 Å². The van der Waals surface area contributed by atoms with Crippen LogP contribution in [0.4, 0.5) is 0 Å². The van der Waals surface area contributed by atoms with E-state index >= 15 is 0 Å². The smallest absolute Gasteiger partial charge is 0.329 e. The summed E-state index contributed by atoms with van der Waals surface area (Å²) in [6, 6.07) is 13.5. The lowest BCUT2D eigenvalue weighted by molar-refractivity contribution is -0.307. The zero-order chi connectivity index (χ0) is 21.9. The van der Waals surface area contributed by atoms with Gasteiger partial charge in [-0.3, -0.25) is 9.59 Å². The van der Waals surface area contributed by atoms with Gasteiger partial charge in [-0.05, 0) is 43.2 Å². The van der Waals surface area contributed by atoms with E-state index in [-0.39, 0.29) is 11.8 Å². The van der Waals surface area contributed by atoms with E-state index in [1.807, 2.05) is 30.3 Å². The molecule has 0 aliphatic heterocycles. The maximum Gasteiger partial charge on any atom is 0.329 e. The normalized spacial score (nSPS) is 11.5. The Morgan fingerprint density at radius 2 is 1.80 bits per heavy atom. The van der Waals surface area contributed by atoms with Crippen molar-refractivity contribution in [1.29, 1.82) is 0 Å². The van der Waals surface area contributed by atoms with E-state index in [4.69, 9.17) is 9.47 Å². The summed E-state index contributed by atoms with van der Waals surface area (Å²) in [6.07, 6.45) is 1.32. The second kappa shape index (κ2) is 11.2. The summed E-state index contributed by atoms with van der Waals surface area (Å²) in [7, 11) is 0. The van der Waals surface area contributed by atoms with Crippen LogP contribution in [-0.2, 0) is 14.4 Å². The average Bonchev–Trinajstić information content (AvgIpc) is 2.73. The van der Waals surface area contributed by atoms with Crippen LogP contribution in [0.15, 0.2) is 53.6 Å². The number of benzene rings is 2. The van der Waals surface area contributed by atoms with Crippen LogP contribution in [0, 0.1) is 0 Å². The maximum absolute atomic E-state index is 12.0. The highest BCUT2D eigenvalue weighted by molar-refractivity contribution is 6.35. The topological polar surface area (TPSA) is 129 Å². The molecule has 0 aliphatic carbocycles. The molecule has 0 radical (unpaired) electrons. The van der Waals surface area contributed by atoms with Gasteiger partial charge < -0.3 is 24.7 Å². The molecular formula is C21H22N3O6-. The second-order valence-electron chi connectivity index (χ2n) is 6.10. The van der Waals surface area contributed by atoms with Crippen LogP contribution >= 0.6 is 0 Å². The molecule has 0 unspecified atom stereocenters. The van der Waals surface area contributed by atoms with Gasteiger partial charge in [0, 0.05) is 0 Å². The van der Waals surface area contributed by atoms with E-state index in [0.717, 1.165) is 5.56 Å². The maximum atomic E-state index is 12.0. The van der Waals surface area contributed by atoms with E-state index in [9.17, 15) is 19.5 Å². The molecule has 30 heavy (non-hydrogen) atoms. The summed E-state index contributed by atoms with van der Waals surface area (Å²) < 4.78 is 10.5. The van der Waals surface area contributed by atoms with Gasteiger partial charge in [0.25, 0.3) is 0 Å². The summed E-state index contributed by atoms with van der Waals surface area (Å²) in [5, 5.41) is 16.9. The van der Waals surface area contributed by atoms with Crippen molar-refractivity contribution in [3.63, 3.8) is 0 Å². The number of carboxylic acids is 1. The summed E-state index contributed by atoms with van der Waals surface area (Å²) in [5.74, 6) is -2.54. The quantitative estimate of drug-likeness (QED) is 0.351. The van der Waals surface area contributed by atoms with Gasteiger partial charge in [-0.15, -0.1) is 0 Å². The van der Waals surface area contributed by atoms with Gasteiger partial charge in [0.05, 0.1) is 24.8 Å². The van der Waals surface area contributed by atoms with Crippen molar-refractivity contribution in [3.8, 4) is 11.5 Å². The van der Waals surface area contributed by atoms with Crippen LogP contribution in [0.3, 0.4) is 0 Å². The van der Waals surface area contributed by atoms with Crippen molar-refractivity contribution in [2.45, 2.75) is 19.9 Å². The molecule has 0 aliphatic rings. The molecule has 0 saturated heterocycles. The minimum atomic E-state index is -1.36. The van der Waals surface area contributed by atoms with E-state index < -0.39 is 24.4 Å². The van der Waals surface area contributed by atoms with E-state index in [1.165, 1.54) is 12.3 Å². The number of ether oxygens (including phenoxy) is 2. The zero-order valence-electron chi connectivity index (χ0n) is 16.6. The fourth-order valence-electron chi connectivity index (χ4n) is 2.43. The predicted molar refractivity (Wildman–Crippen MR) is 107 cm³/mol. The Labute approximate surface area is 173 Å². The van der Waals surface area contributed by atoms with Crippen molar-refractivity contribution >= 4 is 24.0 Å². The summed E-state index contributed by atoms with van der Waals surface area (Å²) in [4.78, 5) is 34.5. The van der Waals surface area contributed by atoms with Crippen molar-refractivity contribution in [2.75, 3.05) is 13.2 Å². The molecule has 1 atom stereocenters. The number of rotatable bonds is 9. The molecule has 2 amide bonds. The number of nitrogens with zero attached hydrogens (tertiary/aromatic N) is 1. The first-order valence-electron chi connectivity index (χ1n) is 9.19. The molecule has 2 aromatic rings. The number of aliphatic carboxylic acids is 1.